The Labute approximate surface area is 99.1 Å². The van der Waals surface area contributed by atoms with Crippen molar-refractivity contribution in [3.63, 3.8) is 0 Å². The third-order valence-electron chi connectivity index (χ3n) is 1.88. The molecule has 0 fully saturated rings. The van der Waals surface area contributed by atoms with E-state index in [1.165, 1.54) is 6.20 Å². The first-order chi connectivity index (χ1) is 7.16. The Bertz CT molecular complexity index is 551. The lowest BCUT2D eigenvalue weighted by molar-refractivity contribution is 0.475. The van der Waals surface area contributed by atoms with Gasteiger partial charge in [0.2, 0.25) is 0 Å². The van der Waals surface area contributed by atoms with E-state index in [0.29, 0.717) is 15.0 Å². The van der Waals surface area contributed by atoms with Crippen molar-refractivity contribution >= 4 is 22.6 Å². The first-order valence-corrected chi connectivity index (χ1v) is 5.29. The van der Waals surface area contributed by atoms with Gasteiger partial charge in [-0.2, -0.15) is 0 Å². The van der Waals surface area contributed by atoms with Crippen molar-refractivity contribution in [3.8, 4) is 17.1 Å². The van der Waals surface area contributed by atoms with Gasteiger partial charge in [0, 0.05) is 11.8 Å². The zero-order chi connectivity index (χ0) is 10.8. The minimum Gasteiger partial charge on any atom is -0.508 e. The molecule has 76 valence electrons. The van der Waals surface area contributed by atoms with Gasteiger partial charge >= 0.3 is 0 Å². The zero-order valence-corrected chi connectivity index (χ0v) is 9.72. The molecule has 2 N–H and O–H groups in total. The molecule has 0 aliphatic carbocycles. The molecule has 0 radical (unpaired) electrons. The number of phenolic OH excluding ortho intramolecular Hbond substituents is 1. The van der Waals surface area contributed by atoms with E-state index in [1.54, 1.807) is 24.3 Å². The molecule has 2 rings (SSSR count). The standard InChI is InChI=1S/C10H7IN2O2/c11-8-5-12-9(13-10(8)15)6-2-1-3-7(14)4-6/h1-5,14H,(H,12,13,15). The van der Waals surface area contributed by atoms with Crippen LogP contribution in [0.5, 0.6) is 5.75 Å². The van der Waals surface area contributed by atoms with E-state index in [-0.39, 0.29) is 11.3 Å². The summed E-state index contributed by atoms with van der Waals surface area (Å²) in [6, 6.07) is 6.58. The number of hydrogen-bond donors (Lipinski definition) is 2. The summed E-state index contributed by atoms with van der Waals surface area (Å²) < 4.78 is 0.538. The van der Waals surface area contributed by atoms with Crippen molar-refractivity contribution in [1.82, 2.24) is 9.97 Å². The van der Waals surface area contributed by atoms with Crippen LogP contribution in [0, 0.1) is 3.57 Å². The van der Waals surface area contributed by atoms with Gasteiger partial charge in [-0.1, -0.05) is 12.1 Å². The predicted octanol–water partition coefficient (Wildman–Crippen LogP) is 1.75. The SMILES string of the molecule is O=c1[nH]c(-c2cccc(O)c2)ncc1I. The van der Waals surface area contributed by atoms with Crippen molar-refractivity contribution in [3.05, 3.63) is 44.4 Å². The molecule has 1 heterocycles. The van der Waals surface area contributed by atoms with E-state index < -0.39 is 0 Å². The van der Waals surface area contributed by atoms with Crippen molar-refractivity contribution in [2.75, 3.05) is 0 Å². The Hall–Kier alpha value is -1.37. The van der Waals surface area contributed by atoms with Gasteiger partial charge in [0.15, 0.2) is 0 Å². The molecule has 1 aromatic carbocycles. The molecule has 0 aliphatic heterocycles. The molecule has 1 aromatic heterocycles. The molecular formula is C10H7IN2O2. The fraction of sp³-hybridized carbons (Fsp3) is 0. The van der Waals surface area contributed by atoms with Crippen molar-refractivity contribution < 1.29 is 5.11 Å². The Morgan fingerprint density at radius 3 is 2.87 bits per heavy atom. The molecule has 0 atom stereocenters. The summed E-state index contributed by atoms with van der Waals surface area (Å²) in [5.74, 6) is 0.602. The molecule has 0 aliphatic rings. The maximum absolute atomic E-state index is 11.3. The number of phenols is 1. The number of H-pyrrole nitrogens is 1. The maximum atomic E-state index is 11.3. The fourth-order valence-corrected chi connectivity index (χ4v) is 1.45. The van der Waals surface area contributed by atoms with Crippen LogP contribution in [0.25, 0.3) is 11.4 Å². The molecule has 4 nitrogen and oxygen atoms in total. The first-order valence-electron chi connectivity index (χ1n) is 4.21. The largest absolute Gasteiger partial charge is 0.508 e. The number of nitrogens with zero attached hydrogens (tertiary/aromatic N) is 1. The van der Waals surface area contributed by atoms with E-state index in [9.17, 15) is 9.90 Å². The van der Waals surface area contributed by atoms with Gasteiger partial charge in [-0.15, -0.1) is 0 Å². The van der Waals surface area contributed by atoms with Gasteiger partial charge in [0.25, 0.3) is 5.56 Å². The number of aromatic nitrogens is 2. The summed E-state index contributed by atoms with van der Waals surface area (Å²) in [5.41, 5.74) is 0.507. The molecule has 0 saturated carbocycles. The highest BCUT2D eigenvalue weighted by Crippen LogP contribution is 2.18. The maximum Gasteiger partial charge on any atom is 0.264 e. The van der Waals surface area contributed by atoms with Crippen LogP contribution in [0.3, 0.4) is 0 Å². The number of halogens is 1. The topological polar surface area (TPSA) is 66.0 Å². The summed E-state index contributed by atoms with van der Waals surface area (Å²) >= 11 is 1.91. The minimum absolute atomic E-state index is 0.147. The van der Waals surface area contributed by atoms with Gasteiger partial charge < -0.3 is 10.1 Å². The highest BCUT2D eigenvalue weighted by Gasteiger charge is 2.02. The number of aromatic hydroxyl groups is 1. The average molecular weight is 314 g/mol. The second-order valence-corrected chi connectivity index (χ2v) is 4.12. The molecule has 0 saturated heterocycles. The zero-order valence-electron chi connectivity index (χ0n) is 7.57. The summed E-state index contributed by atoms with van der Waals surface area (Å²) in [4.78, 5) is 18.0. The van der Waals surface area contributed by atoms with E-state index in [1.807, 2.05) is 22.6 Å². The van der Waals surface area contributed by atoms with Crippen LogP contribution in [0.4, 0.5) is 0 Å². The van der Waals surface area contributed by atoms with Crippen LogP contribution < -0.4 is 5.56 Å². The minimum atomic E-state index is -0.177. The Morgan fingerprint density at radius 1 is 1.40 bits per heavy atom. The molecule has 0 unspecified atom stereocenters. The Kier molecular flexibility index (Phi) is 2.72. The summed E-state index contributed by atoms with van der Waals surface area (Å²) in [5, 5.41) is 9.28. The van der Waals surface area contributed by atoms with Gasteiger partial charge in [-0.05, 0) is 34.7 Å². The van der Waals surface area contributed by atoms with Crippen molar-refractivity contribution in [2.24, 2.45) is 0 Å². The first kappa shape index (κ1) is 10.2. The van der Waals surface area contributed by atoms with Crippen LogP contribution in [-0.2, 0) is 0 Å². The molecule has 0 amide bonds. The Morgan fingerprint density at radius 2 is 2.20 bits per heavy atom. The normalized spacial score (nSPS) is 10.2. The molecular weight excluding hydrogens is 307 g/mol. The monoisotopic (exact) mass is 314 g/mol. The van der Waals surface area contributed by atoms with Gasteiger partial charge in [-0.3, -0.25) is 4.79 Å². The second kappa shape index (κ2) is 4.01. The lowest BCUT2D eigenvalue weighted by Crippen LogP contribution is -2.11. The summed E-state index contributed by atoms with van der Waals surface area (Å²) in [7, 11) is 0. The van der Waals surface area contributed by atoms with E-state index >= 15 is 0 Å². The van der Waals surface area contributed by atoms with E-state index in [4.69, 9.17) is 0 Å². The van der Waals surface area contributed by atoms with Crippen molar-refractivity contribution in [2.45, 2.75) is 0 Å². The van der Waals surface area contributed by atoms with Crippen LogP contribution in [0.15, 0.2) is 35.3 Å². The smallest absolute Gasteiger partial charge is 0.264 e. The molecule has 0 spiro atoms. The third kappa shape index (κ3) is 2.17. The van der Waals surface area contributed by atoms with Crippen LogP contribution >= 0.6 is 22.6 Å². The van der Waals surface area contributed by atoms with E-state index in [2.05, 4.69) is 9.97 Å². The lowest BCUT2D eigenvalue weighted by Gasteiger charge is -2.00. The summed E-state index contributed by atoms with van der Waals surface area (Å²) in [6.07, 6.45) is 1.50. The molecule has 2 aromatic rings. The number of nitrogens with one attached hydrogen (secondary N) is 1. The number of benzene rings is 1. The van der Waals surface area contributed by atoms with Gasteiger partial charge in [0.05, 0.1) is 3.57 Å². The Balaban J connectivity index is 2.55. The van der Waals surface area contributed by atoms with Crippen LogP contribution in [0.1, 0.15) is 0 Å². The number of rotatable bonds is 1. The molecule has 0 bridgehead atoms. The van der Waals surface area contributed by atoms with Gasteiger partial charge in [0.1, 0.15) is 11.6 Å². The number of aromatic amines is 1. The number of hydrogen-bond acceptors (Lipinski definition) is 3. The van der Waals surface area contributed by atoms with Crippen LogP contribution in [0.2, 0.25) is 0 Å². The highest BCUT2D eigenvalue weighted by atomic mass is 127. The quantitative estimate of drug-likeness (QED) is 0.788. The van der Waals surface area contributed by atoms with Crippen molar-refractivity contribution in [1.29, 1.82) is 0 Å². The second-order valence-electron chi connectivity index (χ2n) is 2.96. The average Bonchev–Trinajstić information content (AvgIpc) is 2.22. The third-order valence-corrected chi connectivity index (χ3v) is 2.64. The van der Waals surface area contributed by atoms with E-state index in [0.717, 1.165) is 0 Å². The molecule has 15 heavy (non-hydrogen) atoms. The predicted molar refractivity (Wildman–Crippen MR) is 64.7 cm³/mol. The van der Waals surface area contributed by atoms with Gasteiger partial charge in [-0.25, -0.2) is 4.98 Å². The summed E-state index contributed by atoms with van der Waals surface area (Å²) in [6.45, 7) is 0. The highest BCUT2D eigenvalue weighted by molar-refractivity contribution is 14.1. The molecule has 5 heteroatoms. The lowest BCUT2D eigenvalue weighted by atomic mass is 10.2. The fourth-order valence-electron chi connectivity index (χ4n) is 1.18. The van der Waals surface area contributed by atoms with Crippen LogP contribution in [-0.4, -0.2) is 15.1 Å².